The molecule has 0 saturated heterocycles. The molecule has 2 heterocycles. The van der Waals surface area contributed by atoms with Crippen LogP contribution < -0.4 is 5.32 Å². The molecule has 0 aliphatic carbocycles. The molecule has 0 fully saturated rings. The normalized spacial score (nSPS) is 10.8. The van der Waals surface area contributed by atoms with Crippen LogP contribution in [0.4, 0.5) is 5.82 Å². The van der Waals surface area contributed by atoms with Crippen LogP contribution in [0, 0.1) is 3.70 Å². The summed E-state index contributed by atoms with van der Waals surface area (Å²) in [6.45, 7) is 0.915. The molecule has 2 N–H and O–H groups in total. The first-order valence-corrected chi connectivity index (χ1v) is 5.74. The van der Waals surface area contributed by atoms with Gasteiger partial charge in [0, 0.05) is 13.2 Å². The summed E-state index contributed by atoms with van der Waals surface area (Å²) in [5.41, 5.74) is 0.840. The quantitative estimate of drug-likeness (QED) is 0.655. The van der Waals surface area contributed by atoms with Crippen LogP contribution in [-0.4, -0.2) is 32.9 Å². The van der Waals surface area contributed by atoms with E-state index in [0.717, 1.165) is 28.1 Å². The Labute approximate surface area is 101 Å². The van der Waals surface area contributed by atoms with Crippen LogP contribution in [0.2, 0.25) is 0 Å². The first-order valence-electron chi connectivity index (χ1n) is 4.66. The van der Waals surface area contributed by atoms with E-state index in [-0.39, 0.29) is 6.61 Å². The lowest BCUT2D eigenvalue weighted by atomic mass is 10.4. The van der Waals surface area contributed by atoms with E-state index >= 15 is 0 Å². The number of rotatable bonds is 4. The summed E-state index contributed by atoms with van der Waals surface area (Å²) in [5.74, 6) is 0.798. The van der Waals surface area contributed by atoms with Crippen molar-refractivity contribution in [2.45, 2.75) is 6.42 Å². The molecule has 0 spiro atoms. The molecular formula is C9H11IN4O. The van der Waals surface area contributed by atoms with Crippen molar-refractivity contribution < 1.29 is 5.11 Å². The number of hydrogen-bond donors (Lipinski definition) is 2. The summed E-state index contributed by atoms with van der Waals surface area (Å²) in [6.07, 6.45) is 2.50. The average Bonchev–Trinajstić information content (AvgIpc) is 2.61. The first-order chi connectivity index (χ1) is 7.31. The van der Waals surface area contributed by atoms with E-state index in [2.05, 4.69) is 38.0 Å². The van der Waals surface area contributed by atoms with Gasteiger partial charge in [0.1, 0.15) is 9.52 Å². The molecule has 5 nitrogen and oxygen atoms in total. The summed E-state index contributed by atoms with van der Waals surface area (Å²) in [4.78, 5) is 4.18. The molecule has 80 valence electrons. The Bertz CT molecular complexity index is 456. The number of aliphatic hydroxyl groups is 1. The zero-order valence-electron chi connectivity index (χ0n) is 8.02. The van der Waals surface area contributed by atoms with Crippen LogP contribution in [0.15, 0.2) is 18.3 Å². The lowest BCUT2D eigenvalue weighted by Gasteiger charge is -2.04. The third-order valence-electron chi connectivity index (χ3n) is 1.96. The predicted molar refractivity (Wildman–Crippen MR) is 65.9 cm³/mol. The van der Waals surface area contributed by atoms with Gasteiger partial charge < -0.3 is 10.4 Å². The average molecular weight is 318 g/mol. The van der Waals surface area contributed by atoms with E-state index in [4.69, 9.17) is 5.11 Å². The Hall–Kier alpha value is -0.890. The molecule has 0 bridgehead atoms. The van der Waals surface area contributed by atoms with Crippen molar-refractivity contribution in [3.05, 3.63) is 22.0 Å². The second-order valence-electron chi connectivity index (χ2n) is 3.07. The van der Waals surface area contributed by atoms with Crippen molar-refractivity contribution in [2.75, 3.05) is 18.5 Å². The van der Waals surface area contributed by atoms with Gasteiger partial charge in [-0.25, -0.2) is 9.50 Å². The number of nitrogens with zero attached hydrogens (tertiary/aromatic N) is 3. The largest absolute Gasteiger partial charge is 0.396 e. The van der Waals surface area contributed by atoms with E-state index < -0.39 is 0 Å². The molecule has 6 heteroatoms. The summed E-state index contributed by atoms with van der Waals surface area (Å²) < 4.78 is 2.76. The topological polar surface area (TPSA) is 62.5 Å². The Balaban J connectivity index is 2.18. The van der Waals surface area contributed by atoms with Crippen LogP contribution in [0.25, 0.3) is 5.65 Å². The van der Waals surface area contributed by atoms with Crippen LogP contribution in [0.5, 0.6) is 0 Å². The van der Waals surface area contributed by atoms with Crippen molar-refractivity contribution in [3.63, 3.8) is 0 Å². The van der Waals surface area contributed by atoms with Crippen molar-refractivity contribution in [2.24, 2.45) is 0 Å². The Morgan fingerprint density at radius 2 is 2.33 bits per heavy atom. The maximum Gasteiger partial charge on any atom is 0.154 e. The number of imidazole rings is 1. The predicted octanol–water partition coefficient (Wildman–Crippen LogP) is 1.13. The minimum Gasteiger partial charge on any atom is -0.396 e. The highest BCUT2D eigenvalue weighted by molar-refractivity contribution is 14.1. The minimum absolute atomic E-state index is 0.192. The molecule has 2 aromatic rings. The van der Waals surface area contributed by atoms with Gasteiger partial charge in [-0.3, -0.25) is 0 Å². The van der Waals surface area contributed by atoms with E-state index in [0.29, 0.717) is 0 Å². The number of hydrogen-bond acceptors (Lipinski definition) is 4. The minimum atomic E-state index is 0.192. The Morgan fingerprint density at radius 3 is 3.13 bits per heavy atom. The lowest BCUT2D eigenvalue weighted by Crippen LogP contribution is -2.07. The van der Waals surface area contributed by atoms with Crippen molar-refractivity contribution in [3.8, 4) is 0 Å². The summed E-state index contributed by atoms with van der Waals surface area (Å²) in [7, 11) is 0. The number of nitrogens with one attached hydrogen (secondary N) is 1. The molecule has 0 atom stereocenters. The van der Waals surface area contributed by atoms with Crippen LogP contribution >= 0.6 is 22.6 Å². The second kappa shape index (κ2) is 4.75. The number of halogens is 1. The molecule has 2 rings (SSSR count). The number of aliphatic hydroxyl groups excluding tert-OH is 1. The highest BCUT2D eigenvalue weighted by Gasteiger charge is 2.01. The van der Waals surface area contributed by atoms with Gasteiger partial charge in [-0.1, -0.05) is 0 Å². The van der Waals surface area contributed by atoms with Gasteiger partial charge in [0.15, 0.2) is 5.65 Å². The second-order valence-corrected chi connectivity index (χ2v) is 4.18. The molecule has 0 aliphatic heterocycles. The molecular weight excluding hydrogens is 307 g/mol. The van der Waals surface area contributed by atoms with Crippen molar-refractivity contribution in [1.29, 1.82) is 0 Å². The van der Waals surface area contributed by atoms with Crippen molar-refractivity contribution in [1.82, 2.24) is 14.6 Å². The molecule has 0 radical (unpaired) electrons. The Kier molecular flexibility index (Phi) is 3.37. The van der Waals surface area contributed by atoms with Gasteiger partial charge in [-0.15, -0.1) is 5.10 Å². The number of anilines is 1. The zero-order chi connectivity index (χ0) is 10.7. The standard InChI is InChI=1S/C9H11IN4O/c10-7-6-12-9-3-2-8(13-14(7)9)11-4-1-5-15/h2-3,6,15H,1,4-5H2,(H,11,13). The van der Waals surface area contributed by atoms with Crippen LogP contribution in [0.3, 0.4) is 0 Å². The third-order valence-corrected chi connectivity index (χ3v) is 2.70. The summed E-state index contributed by atoms with van der Waals surface area (Å²) in [5, 5.41) is 16.1. The molecule has 0 aliphatic rings. The molecule has 15 heavy (non-hydrogen) atoms. The highest BCUT2D eigenvalue weighted by atomic mass is 127. The van der Waals surface area contributed by atoms with Gasteiger partial charge in [0.2, 0.25) is 0 Å². The van der Waals surface area contributed by atoms with E-state index in [9.17, 15) is 0 Å². The fraction of sp³-hybridized carbons (Fsp3) is 0.333. The molecule has 2 aromatic heterocycles. The van der Waals surface area contributed by atoms with Gasteiger partial charge >= 0.3 is 0 Å². The van der Waals surface area contributed by atoms with Crippen LogP contribution in [-0.2, 0) is 0 Å². The maximum absolute atomic E-state index is 8.65. The van der Waals surface area contributed by atoms with Crippen LogP contribution in [0.1, 0.15) is 6.42 Å². The first kappa shape index (κ1) is 10.6. The maximum atomic E-state index is 8.65. The Morgan fingerprint density at radius 1 is 1.47 bits per heavy atom. The van der Waals surface area contributed by atoms with E-state index in [1.807, 2.05) is 12.1 Å². The van der Waals surface area contributed by atoms with Gasteiger partial charge in [0.05, 0.1) is 6.20 Å². The summed E-state index contributed by atoms with van der Waals surface area (Å²) in [6, 6.07) is 3.80. The third kappa shape index (κ3) is 2.37. The highest BCUT2D eigenvalue weighted by Crippen LogP contribution is 2.10. The summed E-state index contributed by atoms with van der Waals surface area (Å²) >= 11 is 2.19. The number of aromatic nitrogens is 3. The molecule has 0 amide bonds. The fourth-order valence-electron chi connectivity index (χ4n) is 1.24. The van der Waals surface area contributed by atoms with Gasteiger partial charge in [-0.2, -0.15) is 0 Å². The number of fused-ring (bicyclic) bond motifs is 1. The van der Waals surface area contributed by atoms with Gasteiger partial charge in [0.25, 0.3) is 0 Å². The van der Waals surface area contributed by atoms with E-state index in [1.165, 1.54) is 0 Å². The van der Waals surface area contributed by atoms with Crippen molar-refractivity contribution >= 4 is 34.1 Å². The smallest absolute Gasteiger partial charge is 0.154 e. The molecule has 0 saturated carbocycles. The molecule has 0 aromatic carbocycles. The van der Waals surface area contributed by atoms with Gasteiger partial charge in [-0.05, 0) is 41.1 Å². The van der Waals surface area contributed by atoms with E-state index in [1.54, 1.807) is 10.7 Å². The molecule has 0 unspecified atom stereocenters. The SMILES string of the molecule is OCCCNc1ccc2ncc(I)n2n1. The monoisotopic (exact) mass is 318 g/mol. The fourth-order valence-corrected chi connectivity index (χ4v) is 1.73. The zero-order valence-corrected chi connectivity index (χ0v) is 10.2. The lowest BCUT2D eigenvalue weighted by molar-refractivity contribution is 0.292.